The third-order valence-corrected chi connectivity index (χ3v) is 7.20. The van der Waals surface area contributed by atoms with E-state index in [9.17, 15) is 18.8 Å². The van der Waals surface area contributed by atoms with Crippen LogP contribution in [0.15, 0.2) is 30.3 Å². The highest BCUT2D eigenvalue weighted by Gasteiger charge is 2.38. The molecule has 1 heterocycles. The average molecular weight is 557 g/mol. The topological polar surface area (TPSA) is 108 Å². The number of carbonyl (C=O) groups is 3. The highest BCUT2D eigenvalue weighted by molar-refractivity contribution is 6.02. The molecule has 0 radical (unpaired) electrons. The number of hydrogen-bond acceptors (Lipinski definition) is 6. The quantitative estimate of drug-likeness (QED) is 0.335. The predicted molar refractivity (Wildman–Crippen MR) is 149 cm³/mol. The molecule has 218 valence electrons. The van der Waals surface area contributed by atoms with E-state index in [4.69, 9.17) is 19.9 Å². The first kappa shape index (κ1) is 30.9. The lowest BCUT2D eigenvalue weighted by Crippen LogP contribution is -2.45. The summed E-state index contributed by atoms with van der Waals surface area (Å²) in [7, 11) is 1.51. The lowest BCUT2D eigenvalue weighted by molar-refractivity contribution is -0.155. The molecule has 0 fully saturated rings. The van der Waals surface area contributed by atoms with Crippen molar-refractivity contribution in [3.8, 4) is 11.5 Å². The Morgan fingerprint density at radius 2 is 1.80 bits per heavy atom. The molecule has 1 aliphatic rings. The van der Waals surface area contributed by atoms with Crippen LogP contribution in [-0.2, 0) is 33.9 Å². The van der Waals surface area contributed by atoms with Crippen LogP contribution in [0.2, 0.25) is 0 Å². The average Bonchev–Trinajstić information content (AvgIpc) is 3.22. The summed E-state index contributed by atoms with van der Waals surface area (Å²) in [4.78, 5) is 39.7. The van der Waals surface area contributed by atoms with Crippen molar-refractivity contribution in [2.75, 3.05) is 7.11 Å². The van der Waals surface area contributed by atoms with Crippen molar-refractivity contribution in [1.82, 2.24) is 4.90 Å². The highest BCUT2D eigenvalue weighted by Crippen LogP contribution is 2.38. The molecule has 0 unspecified atom stereocenters. The van der Waals surface area contributed by atoms with Gasteiger partial charge in [0, 0.05) is 23.1 Å². The molecular weight excluding hydrogens is 515 g/mol. The maximum absolute atomic E-state index is 14.6. The Labute approximate surface area is 236 Å². The van der Waals surface area contributed by atoms with Crippen LogP contribution in [0.3, 0.4) is 0 Å². The number of carbonyl (C=O) groups excluding carboxylic acids is 3. The number of ether oxygens (including phenoxy) is 3. The van der Waals surface area contributed by atoms with E-state index in [2.05, 4.69) is 13.8 Å². The fourth-order valence-electron chi connectivity index (χ4n) is 4.95. The Morgan fingerprint density at radius 1 is 1.10 bits per heavy atom. The summed E-state index contributed by atoms with van der Waals surface area (Å²) in [5.41, 5.74) is 7.29. The summed E-state index contributed by atoms with van der Waals surface area (Å²) < 4.78 is 31.4. The molecule has 1 aliphatic heterocycles. The van der Waals surface area contributed by atoms with E-state index in [0.717, 1.165) is 24.8 Å². The number of esters is 1. The van der Waals surface area contributed by atoms with Crippen LogP contribution in [0.4, 0.5) is 4.39 Å². The zero-order valence-electron chi connectivity index (χ0n) is 24.3. The number of rotatable bonds is 13. The molecule has 3 rings (SSSR count). The van der Waals surface area contributed by atoms with Gasteiger partial charge in [-0.05, 0) is 69.4 Å². The van der Waals surface area contributed by atoms with Crippen LogP contribution < -0.4 is 15.2 Å². The Balaban J connectivity index is 1.93. The fraction of sp³-hybridized carbons (Fsp3) is 0.516. The van der Waals surface area contributed by atoms with Crippen molar-refractivity contribution in [2.24, 2.45) is 11.7 Å². The minimum atomic E-state index is -1.00. The van der Waals surface area contributed by atoms with Gasteiger partial charge >= 0.3 is 5.97 Å². The standard InChI is InChI=1S/C31H41FN2O6/c1-7-19(8-2)15-20-9-11-23-24(28(20)39-18-21-16-22(38-6)10-12-25(21)32)17-34(30(23)37)26(29(33)36)13-14-27(35)40-31(3,4)5/h9-12,16,19,26H,7-8,13-15,17-18H2,1-6H3,(H2,33,36)/t26-/m1/s1. The molecule has 0 saturated heterocycles. The first-order valence-electron chi connectivity index (χ1n) is 13.8. The van der Waals surface area contributed by atoms with Crippen molar-refractivity contribution >= 4 is 17.8 Å². The van der Waals surface area contributed by atoms with Crippen LogP contribution in [0.25, 0.3) is 0 Å². The van der Waals surface area contributed by atoms with Crippen molar-refractivity contribution < 1.29 is 33.0 Å². The molecule has 0 saturated carbocycles. The summed E-state index contributed by atoms with van der Waals surface area (Å²) in [6.45, 7) is 9.55. The van der Waals surface area contributed by atoms with Gasteiger partial charge in [-0.3, -0.25) is 14.4 Å². The van der Waals surface area contributed by atoms with Crippen LogP contribution in [0, 0.1) is 11.7 Å². The Kier molecular flexibility index (Phi) is 10.2. The lowest BCUT2D eigenvalue weighted by atomic mass is 9.92. The maximum atomic E-state index is 14.6. The van der Waals surface area contributed by atoms with Crippen LogP contribution >= 0.6 is 0 Å². The van der Waals surface area contributed by atoms with Crippen molar-refractivity contribution in [2.45, 2.75) is 91.5 Å². The van der Waals surface area contributed by atoms with E-state index in [1.807, 2.05) is 6.07 Å². The van der Waals surface area contributed by atoms with Crippen molar-refractivity contribution in [3.05, 3.63) is 58.4 Å². The number of primary amides is 1. The van der Waals surface area contributed by atoms with E-state index in [0.29, 0.717) is 34.1 Å². The summed E-state index contributed by atoms with van der Waals surface area (Å²) in [6.07, 6.45) is 2.63. The van der Waals surface area contributed by atoms with Crippen molar-refractivity contribution in [1.29, 1.82) is 0 Å². The highest BCUT2D eigenvalue weighted by atomic mass is 19.1. The minimum absolute atomic E-state index is 0.0375. The monoisotopic (exact) mass is 556 g/mol. The number of halogens is 1. The number of nitrogens with two attached hydrogens (primary N) is 1. The third kappa shape index (κ3) is 7.52. The van der Waals surface area contributed by atoms with Gasteiger partial charge in [-0.2, -0.15) is 0 Å². The summed E-state index contributed by atoms with van der Waals surface area (Å²) >= 11 is 0. The van der Waals surface area contributed by atoms with Gasteiger partial charge in [-0.15, -0.1) is 0 Å². The van der Waals surface area contributed by atoms with Gasteiger partial charge in [-0.25, -0.2) is 4.39 Å². The van der Waals surface area contributed by atoms with Gasteiger partial charge in [0.15, 0.2) is 0 Å². The number of hydrogen-bond donors (Lipinski definition) is 1. The molecule has 2 amide bonds. The van der Waals surface area contributed by atoms with E-state index in [1.165, 1.54) is 24.1 Å². The second-order valence-electron chi connectivity index (χ2n) is 11.2. The van der Waals surface area contributed by atoms with Crippen LogP contribution in [-0.4, -0.2) is 41.4 Å². The van der Waals surface area contributed by atoms with Gasteiger partial charge in [0.25, 0.3) is 5.91 Å². The first-order chi connectivity index (χ1) is 18.9. The van der Waals surface area contributed by atoms with Gasteiger partial charge in [0.05, 0.1) is 13.7 Å². The number of methoxy groups -OCH3 is 1. The van der Waals surface area contributed by atoms with Crippen LogP contribution in [0.1, 0.15) is 87.4 Å². The Bertz CT molecular complexity index is 1240. The van der Waals surface area contributed by atoms with Gasteiger partial charge < -0.3 is 24.8 Å². The molecule has 0 aromatic heterocycles. The van der Waals surface area contributed by atoms with E-state index in [-0.39, 0.29) is 31.9 Å². The Morgan fingerprint density at radius 3 is 2.40 bits per heavy atom. The molecule has 2 N–H and O–H groups in total. The van der Waals surface area contributed by atoms with Gasteiger partial charge in [0.1, 0.15) is 35.6 Å². The van der Waals surface area contributed by atoms with Gasteiger partial charge in [-0.1, -0.05) is 32.8 Å². The second kappa shape index (κ2) is 13.2. The largest absolute Gasteiger partial charge is 0.497 e. The first-order valence-corrected chi connectivity index (χ1v) is 13.8. The molecular formula is C31H41FN2O6. The van der Waals surface area contributed by atoms with Crippen molar-refractivity contribution in [3.63, 3.8) is 0 Å². The van der Waals surface area contributed by atoms with E-state index in [1.54, 1.807) is 32.9 Å². The third-order valence-electron chi connectivity index (χ3n) is 7.20. The zero-order valence-corrected chi connectivity index (χ0v) is 24.3. The minimum Gasteiger partial charge on any atom is -0.497 e. The molecule has 2 aromatic rings. The lowest BCUT2D eigenvalue weighted by Gasteiger charge is -2.26. The van der Waals surface area contributed by atoms with Gasteiger partial charge in [0.2, 0.25) is 5.91 Å². The molecule has 1 atom stereocenters. The molecule has 2 aromatic carbocycles. The number of nitrogens with zero attached hydrogens (tertiary/aromatic N) is 1. The normalized spacial score (nSPS) is 13.8. The molecule has 0 spiro atoms. The number of benzene rings is 2. The van der Waals surface area contributed by atoms with E-state index < -0.39 is 29.3 Å². The molecule has 9 heteroatoms. The molecule has 0 aliphatic carbocycles. The fourth-order valence-corrected chi connectivity index (χ4v) is 4.95. The number of fused-ring (bicyclic) bond motifs is 1. The summed E-state index contributed by atoms with van der Waals surface area (Å²) in [5.74, 6) is -0.556. The summed E-state index contributed by atoms with van der Waals surface area (Å²) in [5, 5.41) is 0. The number of amides is 2. The SMILES string of the molecule is CCC(CC)Cc1ccc2c(c1OCc1cc(OC)ccc1F)CN([C@H](CCC(=O)OC(C)(C)C)C(N)=O)C2=O. The molecule has 8 nitrogen and oxygen atoms in total. The van der Waals surface area contributed by atoms with Crippen LogP contribution in [0.5, 0.6) is 11.5 Å². The summed E-state index contributed by atoms with van der Waals surface area (Å²) in [6, 6.07) is 7.06. The molecule has 0 bridgehead atoms. The van der Waals surface area contributed by atoms with E-state index >= 15 is 0 Å². The Hall–Kier alpha value is -3.62. The predicted octanol–water partition coefficient (Wildman–Crippen LogP) is 5.32. The molecule has 40 heavy (non-hydrogen) atoms. The zero-order chi connectivity index (χ0) is 29.6. The maximum Gasteiger partial charge on any atom is 0.306 e. The smallest absolute Gasteiger partial charge is 0.306 e. The second-order valence-corrected chi connectivity index (χ2v) is 11.2.